The second-order valence-electron chi connectivity index (χ2n) is 3.56. The molecule has 0 aromatic heterocycles. The van der Waals surface area contributed by atoms with Crippen molar-refractivity contribution in [2.24, 2.45) is 0 Å². The highest BCUT2D eigenvalue weighted by Gasteiger charge is 2.32. The van der Waals surface area contributed by atoms with Gasteiger partial charge in [0.1, 0.15) is 0 Å². The lowest BCUT2D eigenvalue weighted by molar-refractivity contribution is -0.126. The molecule has 0 radical (unpaired) electrons. The van der Waals surface area contributed by atoms with Gasteiger partial charge in [0.25, 0.3) is 0 Å². The van der Waals surface area contributed by atoms with E-state index in [4.69, 9.17) is 4.74 Å². The molecule has 0 aromatic carbocycles. The Morgan fingerprint density at radius 2 is 2.29 bits per heavy atom. The van der Waals surface area contributed by atoms with Gasteiger partial charge in [-0.3, -0.25) is 4.79 Å². The zero-order valence-electron chi connectivity index (χ0n) is 8.37. The van der Waals surface area contributed by atoms with Gasteiger partial charge in [-0.25, -0.2) is 0 Å². The summed E-state index contributed by atoms with van der Waals surface area (Å²) in [6.45, 7) is 7.29. The molecule has 2 nitrogen and oxygen atoms in total. The number of allylic oxidation sites excluding steroid dienone is 2. The largest absolute Gasteiger partial charge is 0.487 e. The molecule has 1 atom stereocenters. The fourth-order valence-electron chi connectivity index (χ4n) is 1.56. The van der Waals surface area contributed by atoms with Crippen LogP contribution in [-0.2, 0) is 9.53 Å². The molecule has 0 fully saturated rings. The van der Waals surface area contributed by atoms with E-state index in [0.29, 0.717) is 6.42 Å². The Morgan fingerprint density at radius 3 is 2.71 bits per heavy atom. The van der Waals surface area contributed by atoms with Crippen LogP contribution in [0.4, 0.5) is 0 Å². The molecule has 0 bridgehead atoms. The summed E-state index contributed by atoms with van der Waals surface area (Å²) in [4.78, 5) is 10.9. The third-order valence-electron chi connectivity index (χ3n) is 2.44. The van der Waals surface area contributed by atoms with Gasteiger partial charge in [-0.15, -0.1) is 13.2 Å². The van der Waals surface area contributed by atoms with Crippen molar-refractivity contribution in [3.05, 3.63) is 37.1 Å². The number of hydrogen-bond donors (Lipinski definition) is 0. The van der Waals surface area contributed by atoms with Gasteiger partial charge in [-0.1, -0.05) is 12.2 Å². The number of aldehydes is 1. The van der Waals surface area contributed by atoms with Crippen LogP contribution in [0.25, 0.3) is 0 Å². The number of ether oxygens (including phenoxy) is 1. The van der Waals surface area contributed by atoms with Crippen molar-refractivity contribution in [2.45, 2.75) is 31.3 Å². The first-order chi connectivity index (χ1) is 6.76. The van der Waals surface area contributed by atoms with Crippen molar-refractivity contribution in [1.82, 2.24) is 0 Å². The third-order valence-corrected chi connectivity index (χ3v) is 2.44. The molecule has 14 heavy (non-hydrogen) atoms. The topological polar surface area (TPSA) is 26.3 Å². The van der Waals surface area contributed by atoms with Crippen LogP contribution in [-0.4, -0.2) is 11.9 Å². The van der Waals surface area contributed by atoms with Crippen LogP contribution in [0.15, 0.2) is 37.1 Å². The van der Waals surface area contributed by atoms with Gasteiger partial charge in [0.05, 0.1) is 6.26 Å². The van der Waals surface area contributed by atoms with E-state index >= 15 is 0 Å². The standard InChI is InChI=1S/C12H16O2/c1-3-5-11-6-8-12(10-13,7-4-2)14-9-11/h3-4,9-10H,1-2,5-8H2. The summed E-state index contributed by atoms with van der Waals surface area (Å²) in [5.74, 6) is 0. The maximum absolute atomic E-state index is 10.9. The van der Waals surface area contributed by atoms with E-state index in [1.807, 2.05) is 6.08 Å². The highest BCUT2D eigenvalue weighted by Crippen LogP contribution is 2.30. The highest BCUT2D eigenvalue weighted by atomic mass is 16.5. The summed E-state index contributed by atoms with van der Waals surface area (Å²) >= 11 is 0. The SMILES string of the molecule is C=CCC1=COC(C=O)(CC=C)CC1. The fourth-order valence-corrected chi connectivity index (χ4v) is 1.56. The van der Waals surface area contributed by atoms with Gasteiger partial charge < -0.3 is 4.74 Å². The molecule has 0 N–H and O–H groups in total. The molecule has 1 unspecified atom stereocenters. The van der Waals surface area contributed by atoms with E-state index < -0.39 is 5.60 Å². The Labute approximate surface area is 85.0 Å². The molecule has 1 aliphatic heterocycles. The second-order valence-corrected chi connectivity index (χ2v) is 3.56. The van der Waals surface area contributed by atoms with E-state index in [-0.39, 0.29) is 0 Å². The molecule has 1 heterocycles. The number of rotatable bonds is 5. The molecule has 0 saturated carbocycles. The molecular formula is C12H16O2. The molecule has 2 heteroatoms. The maximum atomic E-state index is 10.9. The molecule has 0 spiro atoms. The first-order valence-electron chi connectivity index (χ1n) is 4.80. The summed E-state index contributed by atoms with van der Waals surface area (Å²) in [5, 5.41) is 0. The van der Waals surface area contributed by atoms with Crippen LogP contribution in [0, 0.1) is 0 Å². The number of carbonyl (C=O) groups excluding carboxylic acids is 1. The molecular weight excluding hydrogens is 176 g/mol. The predicted octanol–water partition coefficient (Wildman–Crippen LogP) is 2.77. The average Bonchev–Trinajstić information content (AvgIpc) is 2.22. The molecule has 76 valence electrons. The minimum absolute atomic E-state index is 0.578. The lowest BCUT2D eigenvalue weighted by Gasteiger charge is -2.30. The van der Waals surface area contributed by atoms with Crippen LogP contribution >= 0.6 is 0 Å². The molecule has 0 aromatic rings. The summed E-state index contributed by atoms with van der Waals surface area (Å²) in [7, 11) is 0. The van der Waals surface area contributed by atoms with Crippen LogP contribution in [0.5, 0.6) is 0 Å². The summed E-state index contributed by atoms with van der Waals surface area (Å²) in [6, 6.07) is 0. The van der Waals surface area contributed by atoms with E-state index in [2.05, 4.69) is 13.2 Å². The van der Waals surface area contributed by atoms with Crippen LogP contribution < -0.4 is 0 Å². The smallest absolute Gasteiger partial charge is 0.166 e. The van der Waals surface area contributed by atoms with Gasteiger partial charge in [-0.2, -0.15) is 0 Å². The van der Waals surface area contributed by atoms with Crippen molar-refractivity contribution >= 4 is 6.29 Å². The number of hydrogen-bond acceptors (Lipinski definition) is 2. The van der Waals surface area contributed by atoms with Crippen molar-refractivity contribution in [3.63, 3.8) is 0 Å². The third kappa shape index (κ3) is 2.34. The average molecular weight is 192 g/mol. The number of carbonyl (C=O) groups is 1. The summed E-state index contributed by atoms with van der Waals surface area (Å²) < 4.78 is 5.47. The van der Waals surface area contributed by atoms with Crippen LogP contribution in [0.3, 0.4) is 0 Å². The fraction of sp³-hybridized carbons (Fsp3) is 0.417. The van der Waals surface area contributed by atoms with E-state index in [1.165, 1.54) is 5.57 Å². The van der Waals surface area contributed by atoms with Crippen molar-refractivity contribution in [2.75, 3.05) is 0 Å². The van der Waals surface area contributed by atoms with Crippen LogP contribution in [0.2, 0.25) is 0 Å². The predicted molar refractivity (Wildman–Crippen MR) is 56.8 cm³/mol. The van der Waals surface area contributed by atoms with Crippen molar-refractivity contribution in [3.8, 4) is 0 Å². The lowest BCUT2D eigenvalue weighted by Crippen LogP contribution is -2.34. The summed E-state index contributed by atoms with van der Waals surface area (Å²) in [6.07, 6.45) is 9.20. The van der Waals surface area contributed by atoms with E-state index in [9.17, 15) is 4.79 Å². The van der Waals surface area contributed by atoms with Gasteiger partial charge >= 0.3 is 0 Å². The zero-order chi connectivity index (χ0) is 10.4. The van der Waals surface area contributed by atoms with E-state index in [1.54, 1.807) is 12.3 Å². The molecule has 0 saturated heterocycles. The van der Waals surface area contributed by atoms with Gasteiger partial charge in [0, 0.05) is 6.42 Å². The van der Waals surface area contributed by atoms with Crippen LogP contribution in [0.1, 0.15) is 25.7 Å². The van der Waals surface area contributed by atoms with Gasteiger partial charge in [0.15, 0.2) is 11.9 Å². The maximum Gasteiger partial charge on any atom is 0.166 e. The minimum Gasteiger partial charge on any atom is -0.487 e. The van der Waals surface area contributed by atoms with Crippen molar-refractivity contribution in [1.29, 1.82) is 0 Å². The van der Waals surface area contributed by atoms with Crippen molar-refractivity contribution < 1.29 is 9.53 Å². The Kier molecular flexibility index (Phi) is 3.69. The molecule has 1 aliphatic rings. The lowest BCUT2D eigenvalue weighted by atomic mass is 9.90. The molecule has 0 amide bonds. The summed E-state index contributed by atoms with van der Waals surface area (Å²) in [5.41, 5.74) is 0.536. The highest BCUT2D eigenvalue weighted by molar-refractivity contribution is 5.63. The first kappa shape index (κ1) is 10.8. The zero-order valence-corrected chi connectivity index (χ0v) is 8.37. The van der Waals surface area contributed by atoms with E-state index in [0.717, 1.165) is 25.5 Å². The Morgan fingerprint density at radius 1 is 1.50 bits per heavy atom. The minimum atomic E-state index is -0.660. The Hall–Kier alpha value is -1.31. The Balaban J connectivity index is 2.66. The van der Waals surface area contributed by atoms with Gasteiger partial charge in [-0.05, 0) is 24.8 Å². The molecule has 0 aliphatic carbocycles. The molecule has 1 rings (SSSR count). The van der Waals surface area contributed by atoms with Gasteiger partial charge in [0.2, 0.25) is 0 Å². The Bertz CT molecular complexity index is 265. The quantitative estimate of drug-likeness (QED) is 0.494. The monoisotopic (exact) mass is 192 g/mol. The normalized spacial score (nSPS) is 25.9. The second kappa shape index (κ2) is 4.80. The first-order valence-corrected chi connectivity index (χ1v) is 4.80.